The summed E-state index contributed by atoms with van der Waals surface area (Å²) in [5.41, 5.74) is 3.18. The highest BCUT2D eigenvalue weighted by Gasteiger charge is 2.21. The summed E-state index contributed by atoms with van der Waals surface area (Å²) in [7, 11) is -3.53. The molecule has 0 spiro atoms. The fourth-order valence-electron chi connectivity index (χ4n) is 2.59. The SMILES string of the molecule is Cc1n[nH]c(C)c1S(=O)(=O)NCCc1ccc2cc[nH]c2c1. The predicted octanol–water partition coefficient (Wildman–Crippen LogP) is 2.03. The van der Waals surface area contributed by atoms with Gasteiger partial charge in [-0.3, -0.25) is 5.10 Å². The second-order valence-electron chi connectivity index (χ2n) is 5.31. The zero-order valence-electron chi connectivity index (χ0n) is 12.5. The lowest BCUT2D eigenvalue weighted by atomic mass is 10.1. The van der Waals surface area contributed by atoms with Crippen molar-refractivity contribution >= 4 is 20.9 Å². The van der Waals surface area contributed by atoms with E-state index in [4.69, 9.17) is 0 Å². The Morgan fingerprint density at radius 2 is 2.05 bits per heavy atom. The lowest BCUT2D eigenvalue weighted by Gasteiger charge is -2.07. The van der Waals surface area contributed by atoms with Crippen molar-refractivity contribution in [3.8, 4) is 0 Å². The number of hydrogen-bond donors (Lipinski definition) is 3. The number of sulfonamides is 1. The minimum atomic E-state index is -3.53. The van der Waals surface area contributed by atoms with E-state index in [-0.39, 0.29) is 4.90 Å². The summed E-state index contributed by atoms with van der Waals surface area (Å²) in [5.74, 6) is 0. The topological polar surface area (TPSA) is 90.6 Å². The van der Waals surface area contributed by atoms with Gasteiger partial charge in [0.15, 0.2) is 0 Å². The van der Waals surface area contributed by atoms with E-state index >= 15 is 0 Å². The first-order valence-corrected chi connectivity index (χ1v) is 8.53. The zero-order valence-corrected chi connectivity index (χ0v) is 13.3. The van der Waals surface area contributed by atoms with Crippen molar-refractivity contribution in [2.45, 2.75) is 25.2 Å². The van der Waals surface area contributed by atoms with Crippen LogP contribution in [0.15, 0.2) is 35.4 Å². The molecule has 22 heavy (non-hydrogen) atoms. The number of nitrogens with one attached hydrogen (secondary N) is 3. The Hall–Kier alpha value is -2.12. The fourth-order valence-corrected chi connectivity index (χ4v) is 3.99. The highest BCUT2D eigenvalue weighted by molar-refractivity contribution is 7.89. The molecule has 0 radical (unpaired) electrons. The van der Waals surface area contributed by atoms with Crippen molar-refractivity contribution in [1.82, 2.24) is 19.9 Å². The van der Waals surface area contributed by atoms with Crippen LogP contribution in [0.2, 0.25) is 0 Å². The molecule has 0 atom stereocenters. The van der Waals surface area contributed by atoms with Crippen LogP contribution in [0.25, 0.3) is 10.9 Å². The molecule has 0 bridgehead atoms. The highest BCUT2D eigenvalue weighted by Crippen LogP contribution is 2.17. The monoisotopic (exact) mass is 318 g/mol. The van der Waals surface area contributed by atoms with E-state index in [1.165, 1.54) is 0 Å². The number of hydrogen-bond acceptors (Lipinski definition) is 3. The summed E-state index contributed by atoms with van der Waals surface area (Å²) >= 11 is 0. The molecule has 2 aromatic heterocycles. The molecular weight excluding hydrogens is 300 g/mol. The summed E-state index contributed by atoms with van der Waals surface area (Å²) in [6.45, 7) is 3.73. The third kappa shape index (κ3) is 2.77. The summed E-state index contributed by atoms with van der Waals surface area (Å²) in [6.07, 6.45) is 2.52. The lowest BCUT2D eigenvalue weighted by Crippen LogP contribution is -2.26. The van der Waals surface area contributed by atoms with Crippen molar-refractivity contribution in [3.63, 3.8) is 0 Å². The Labute approximate surface area is 129 Å². The van der Waals surface area contributed by atoms with Crippen LogP contribution in [0.3, 0.4) is 0 Å². The molecule has 0 fully saturated rings. The Balaban J connectivity index is 1.69. The Morgan fingerprint density at radius 3 is 2.77 bits per heavy atom. The van der Waals surface area contributed by atoms with Gasteiger partial charge in [0.05, 0.1) is 11.4 Å². The van der Waals surface area contributed by atoms with E-state index < -0.39 is 10.0 Å². The average Bonchev–Trinajstić information content (AvgIpc) is 3.05. The van der Waals surface area contributed by atoms with Crippen LogP contribution in [0.1, 0.15) is 17.0 Å². The Bertz CT molecular complexity index is 889. The molecule has 0 aliphatic heterocycles. The van der Waals surface area contributed by atoms with Gasteiger partial charge in [0.25, 0.3) is 0 Å². The highest BCUT2D eigenvalue weighted by atomic mass is 32.2. The van der Waals surface area contributed by atoms with Crippen LogP contribution in [-0.2, 0) is 16.4 Å². The first kappa shape index (κ1) is 14.8. The number of H-pyrrole nitrogens is 2. The summed E-state index contributed by atoms with van der Waals surface area (Å²) in [6, 6.07) is 8.09. The van der Waals surface area contributed by atoms with Gasteiger partial charge >= 0.3 is 0 Å². The second kappa shape index (κ2) is 5.58. The van der Waals surface area contributed by atoms with Gasteiger partial charge in [0.2, 0.25) is 10.0 Å². The predicted molar refractivity (Wildman–Crippen MR) is 85.3 cm³/mol. The molecule has 116 valence electrons. The number of rotatable bonds is 5. The molecule has 6 nitrogen and oxygen atoms in total. The van der Waals surface area contributed by atoms with Crippen LogP contribution >= 0.6 is 0 Å². The lowest BCUT2D eigenvalue weighted by molar-refractivity contribution is 0.580. The molecule has 0 saturated heterocycles. The summed E-state index contributed by atoms with van der Waals surface area (Å²) in [5, 5.41) is 7.77. The maximum Gasteiger partial charge on any atom is 0.244 e. The zero-order chi connectivity index (χ0) is 15.7. The fraction of sp³-hybridized carbons (Fsp3) is 0.267. The Morgan fingerprint density at radius 1 is 1.23 bits per heavy atom. The molecule has 3 aromatic rings. The van der Waals surface area contributed by atoms with Gasteiger partial charge in [-0.05, 0) is 43.4 Å². The van der Waals surface area contributed by atoms with Crippen molar-refractivity contribution in [2.24, 2.45) is 0 Å². The van der Waals surface area contributed by atoms with Crippen LogP contribution in [0.4, 0.5) is 0 Å². The molecule has 3 rings (SSSR count). The quantitative estimate of drug-likeness (QED) is 0.672. The molecule has 0 aliphatic rings. The molecule has 0 saturated carbocycles. The normalized spacial score (nSPS) is 12.1. The van der Waals surface area contributed by atoms with E-state index in [9.17, 15) is 8.42 Å². The van der Waals surface area contributed by atoms with Gasteiger partial charge in [-0.15, -0.1) is 0 Å². The van der Waals surface area contributed by atoms with E-state index in [2.05, 4.69) is 19.9 Å². The third-order valence-electron chi connectivity index (χ3n) is 3.65. The van der Waals surface area contributed by atoms with Gasteiger partial charge in [0, 0.05) is 18.3 Å². The van der Waals surface area contributed by atoms with Crippen LogP contribution in [-0.4, -0.2) is 30.1 Å². The molecule has 1 aromatic carbocycles. The van der Waals surface area contributed by atoms with Crippen molar-refractivity contribution in [2.75, 3.05) is 6.54 Å². The van der Waals surface area contributed by atoms with Gasteiger partial charge in [0.1, 0.15) is 4.90 Å². The Kier molecular flexibility index (Phi) is 3.76. The maximum absolute atomic E-state index is 12.3. The number of aryl methyl sites for hydroxylation is 2. The second-order valence-corrected chi connectivity index (χ2v) is 7.01. The third-order valence-corrected chi connectivity index (χ3v) is 5.38. The summed E-state index contributed by atoms with van der Waals surface area (Å²) in [4.78, 5) is 3.40. The van der Waals surface area contributed by atoms with Crippen LogP contribution in [0, 0.1) is 13.8 Å². The van der Waals surface area contributed by atoms with Gasteiger partial charge in [-0.25, -0.2) is 13.1 Å². The van der Waals surface area contributed by atoms with Crippen molar-refractivity contribution in [3.05, 3.63) is 47.4 Å². The van der Waals surface area contributed by atoms with Crippen LogP contribution in [0.5, 0.6) is 0 Å². The van der Waals surface area contributed by atoms with Crippen molar-refractivity contribution < 1.29 is 8.42 Å². The number of benzene rings is 1. The summed E-state index contributed by atoms with van der Waals surface area (Å²) < 4.78 is 27.3. The molecule has 0 amide bonds. The minimum Gasteiger partial charge on any atom is -0.361 e. The smallest absolute Gasteiger partial charge is 0.244 e. The molecule has 7 heteroatoms. The molecule has 3 N–H and O–H groups in total. The van der Waals surface area contributed by atoms with Gasteiger partial charge in [-0.2, -0.15) is 5.10 Å². The molecule has 2 heterocycles. The largest absolute Gasteiger partial charge is 0.361 e. The standard InChI is InChI=1S/C15H18N4O2S/c1-10-15(11(2)19-18-10)22(20,21)17-8-5-12-3-4-13-6-7-16-14(13)9-12/h3-4,6-7,9,16-17H,5,8H2,1-2H3,(H,18,19). The van der Waals surface area contributed by atoms with Gasteiger partial charge < -0.3 is 4.98 Å². The van der Waals surface area contributed by atoms with Crippen molar-refractivity contribution in [1.29, 1.82) is 0 Å². The van der Waals surface area contributed by atoms with E-state index in [0.717, 1.165) is 16.5 Å². The molecule has 0 aliphatic carbocycles. The minimum absolute atomic E-state index is 0.243. The number of nitrogens with zero attached hydrogens (tertiary/aromatic N) is 1. The number of aromatic amines is 2. The molecular formula is C15H18N4O2S. The first-order valence-electron chi connectivity index (χ1n) is 7.04. The van der Waals surface area contributed by atoms with E-state index in [1.54, 1.807) is 13.8 Å². The van der Waals surface area contributed by atoms with E-state index in [1.807, 2.05) is 30.5 Å². The first-order chi connectivity index (χ1) is 10.5. The van der Waals surface area contributed by atoms with Crippen LogP contribution < -0.4 is 4.72 Å². The molecule has 0 unspecified atom stereocenters. The maximum atomic E-state index is 12.3. The number of aromatic nitrogens is 3. The number of fused-ring (bicyclic) bond motifs is 1. The van der Waals surface area contributed by atoms with E-state index in [0.29, 0.717) is 24.4 Å². The average molecular weight is 318 g/mol. The van der Waals surface area contributed by atoms with Gasteiger partial charge in [-0.1, -0.05) is 12.1 Å².